The van der Waals surface area contributed by atoms with Crippen LogP contribution >= 0.6 is 11.6 Å². The van der Waals surface area contributed by atoms with E-state index in [1.807, 2.05) is 13.0 Å². The van der Waals surface area contributed by atoms with Gasteiger partial charge in [-0.1, -0.05) is 11.6 Å². The highest BCUT2D eigenvalue weighted by molar-refractivity contribution is 6.31. The fourth-order valence-corrected chi connectivity index (χ4v) is 3.91. The number of hydrogen-bond acceptors (Lipinski definition) is 2. The summed E-state index contributed by atoms with van der Waals surface area (Å²) in [6, 6.07) is 8.43. The van der Waals surface area contributed by atoms with Gasteiger partial charge in [0.2, 0.25) is 0 Å². The molecule has 0 radical (unpaired) electrons. The van der Waals surface area contributed by atoms with Gasteiger partial charge in [0.05, 0.1) is 0 Å². The zero-order valence-electron chi connectivity index (χ0n) is 13.4. The van der Waals surface area contributed by atoms with Crippen LogP contribution in [-0.4, -0.2) is 22.8 Å². The summed E-state index contributed by atoms with van der Waals surface area (Å²) in [6.07, 6.45) is 0.935. The first-order valence-electron chi connectivity index (χ1n) is 7.71. The van der Waals surface area contributed by atoms with Crippen molar-refractivity contribution in [3.05, 3.63) is 51.8 Å². The first-order valence-corrected chi connectivity index (χ1v) is 8.09. The van der Waals surface area contributed by atoms with Crippen LogP contribution in [0.15, 0.2) is 24.3 Å². The number of nitrogens with two attached hydrogens (primary N) is 1. The molecule has 2 aromatic rings. The largest absolute Gasteiger partial charge is 0.396 e. The minimum atomic E-state index is -0.118. The van der Waals surface area contributed by atoms with E-state index in [0.29, 0.717) is 6.54 Å². The second kappa shape index (κ2) is 5.41. The minimum absolute atomic E-state index is 0.118. The van der Waals surface area contributed by atoms with Gasteiger partial charge in [0.1, 0.15) is 0 Å². The van der Waals surface area contributed by atoms with Gasteiger partial charge >= 0.3 is 0 Å². The van der Waals surface area contributed by atoms with Crippen LogP contribution in [0, 0.1) is 26.7 Å². The quantitative estimate of drug-likeness (QED) is 0.909. The van der Waals surface area contributed by atoms with Crippen LogP contribution in [-0.2, 0) is 5.41 Å². The molecule has 1 aliphatic rings. The Labute approximate surface area is 136 Å². The molecular formula is C18H23ClN2O. The third-order valence-corrected chi connectivity index (χ3v) is 5.60. The Bertz CT molecular complexity index is 703. The number of benzene rings is 1. The van der Waals surface area contributed by atoms with E-state index in [9.17, 15) is 5.11 Å². The van der Waals surface area contributed by atoms with Crippen molar-refractivity contribution in [1.29, 1.82) is 0 Å². The maximum atomic E-state index is 9.54. The summed E-state index contributed by atoms with van der Waals surface area (Å²) in [5.41, 5.74) is 11.6. The van der Waals surface area contributed by atoms with Gasteiger partial charge in [-0.05, 0) is 68.5 Å². The lowest BCUT2D eigenvalue weighted by atomic mass is 9.89. The Morgan fingerprint density at radius 3 is 2.41 bits per heavy atom. The van der Waals surface area contributed by atoms with Crippen LogP contribution in [0.1, 0.15) is 28.9 Å². The Morgan fingerprint density at radius 1 is 1.27 bits per heavy atom. The van der Waals surface area contributed by atoms with E-state index >= 15 is 0 Å². The molecule has 22 heavy (non-hydrogen) atoms. The third-order valence-electron chi connectivity index (χ3n) is 5.21. The molecule has 4 heteroatoms. The van der Waals surface area contributed by atoms with Crippen LogP contribution < -0.4 is 5.73 Å². The smallest absolute Gasteiger partial charge is 0.0472 e. The van der Waals surface area contributed by atoms with Crippen LogP contribution in [0.25, 0.3) is 5.69 Å². The summed E-state index contributed by atoms with van der Waals surface area (Å²) in [6.45, 7) is 6.95. The Morgan fingerprint density at radius 2 is 1.91 bits per heavy atom. The van der Waals surface area contributed by atoms with Gasteiger partial charge in [0.25, 0.3) is 0 Å². The average Bonchev–Trinajstić information content (AvgIpc) is 3.14. The number of aliphatic hydroxyl groups excluding tert-OH is 1. The number of nitrogens with zero attached hydrogens (tertiary/aromatic N) is 1. The van der Waals surface area contributed by atoms with Crippen molar-refractivity contribution in [3.63, 3.8) is 0 Å². The molecule has 3 rings (SSSR count). The van der Waals surface area contributed by atoms with E-state index in [-0.39, 0.29) is 17.9 Å². The van der Waals surface area contributed by atoms with E-state index in [1.165, 1.54) is 17.0 Å². The van der Waals surface area contributed by atoms with Crippen LogP contribution in [0.2, 0.25) is 5.02 Å². The number of aromatic nitrogens is 1. The van der Waals surface area contributed by atoms with E-state index in [1.54, 1.807) is 0 Å². The number of hydrogen-bond donors (Lipinski definition) is 2. The van der Waals surface area contributed by atoms with E-state index in [0.717, 1.165) is 22.7 Å². The van der Waals surface area contributed by atoms with E-state index in [2.05, 4.69) is 36.6 Å². The second-order valence-corrected chi connectivity index (χ2v) is 6.90. The molecule has 3 N–H and O–H groups in total. The lowest BCUT2D eigenvalue weighted by molar-refractivity contribution is 0.264. The van der Waals surface area contributed by atoms with E-state index < -0.39 is 0 Å². The van der Waals surface area contributed by atoms with Crippen molar-refractivity contribution in [1.82, 2.24) is 4.57 Å². The molecule has 3 nitrogen and oxygen atoms in total. The number of rotatable bonds is 4. The van der Waals surface area contributed by atoms with Crippen LogP contribution in [0.5, 0.6) is 0 Å². The molecule has 0 saturated heterocycles. The topological polar surface area (TPSA) is 51.2 Å². The van der Waals surface area contributed by atoms with E-state index in [4.69, 9.17) is 17.3 Å². The molecule has 118 valence electrons. The highest BCUT2D eigenvalue weighted by Crippen LogP contribution is 2.55. The fourth-order valence-electron chi connectivity index (χ4n) is 3.70. The number of aliphatic hydroxyl groups is 1. The SMILES string of the molecule is Cc1c(Cl)cc(-n2c(C)ccc2C)cc1C1(CN)CC1CO. The zero-order valence-corrected chi connectivity index (χ0v) is 14.1. The predicted molar refractivity (Wildman–Crippen MR) is 90.9 cm³/mol. The standard InChI is InChI=1S/C18H23ClN2O/c1-11-4-5-12(2)21(11)15-6-16(13(3)17(19)7-15)18(10-20)8-14(18)9-22/h4-7,14,22H,8-10,20H2,1-3H3. The molecule has 1 fully saturated rings. The summed E-state index contributed by atoms with van der Waals surface area (Å²) in [5, 5.41) is 10.3. The van der Waals surface area contributed by atoms with Crippen molar-refractivity contribution >= 4 is 11.6 Å². The van der Waals surface area contributed by atoms with Gasteiger partial charge in [-0.3, -0.25) is 0 Å². The van der Waals surface area contributed by atoms with Crippen LogP contribution in [0.3, 0.4) is 0 Å². The predicted octanol–water partition coefficient (Wildman–Crippen LogP) is 3.26. The second-order valence-electron chi connectivity index (χ2n) is 6.50. The van der Waals surface area contributed by atoms with Crippen molar-refractivity contribution in [3.8, 4) is 5.69 Å². The first kappa shape index (κ1) is 15.6. The Hall–Kier alpha value is -1.29. The van der Waals surface area contributed by atoms with Crippen molar-refractivity contribution in [2.45, 2.75) is 32.6 Å². The molecule has 1 aliphatic carbocycles. The number of aryl methyl sites for hydroxylation is 2. The van der Waals surface area contributed by atoms with Gasteiger partial charge in [0, 0.05) is 40.7 Å². The Kier molecular flexibility index (Phi) is 3.84. The molecular weight excluding hydrogens is 296 g/mol. The van der Waals surface area contributed by atoms with Crippen molar-refractivity contribution in [2.75, 3.05) is 13.2 Å². The van der Waals surface area contributed by atoms with Gasteiger partial charge in [-0.2, -0.15) is 0 Å². The maximum absolute atomic E-state index is 9.54. The maximum Gasteiger partial charge on any atom is 0.0472 e. The number of halogens is 1. The molecule has 0 spiro atoms. The third kappa shape index (κ3) is 2.19. The lowest BCUT2D eigenvalue weighted by Gasteiger charge is -2.21. The minimum Gasteiger partial charge on any atom is -0.396 e. The molecule has 0 bridgehead atoms. The summed E-state index contributed by atoms with van der Waals surface area (Å²) in [5.74, 6) is 0.245. The summed E-state index contributed by atoms with van der Waals surface area (Å²) in [7, 11) is 0. The summed E-state index contributed by atoms with van der Waals surface area (Å²) in [4.78, 5) is 0. The highest BCUT2D eigenvalue weighted by Gasteiger charge is 2.54. The molecule has 1 heterocycles. The molecule has 2 unspecified atom stereocenters. The van der Waals surface area contributed by atoms with Crippen LogP contribution in [0.4, 0.5) is 0 Å². The zero-order chi connectivity index (χ0) is 16.1. The molecule has 0 amide bonds. The van der Waals surface area contributed by atoms with Gasteiger partial charge in [0.15, 0.2) is 0 Å². The van der Waals surface area contributed by atoms with Crippen molar-refractivity contribution < 1.29 is 5.11 Å². The molecule has 0 aliphatic heterocycles. The van der Waals surface area contributed by atoms with Gasteiger partial charge in [-0.25, -0.2) is 0 Å². The lowest BCUT2D eigenvalue weighted by Crippen LogP contribution is -2.25. The Balaban J connectivity index is 2.17. The highest BCUT2D eigenvalue weighted by atomic mass is 35.5. The normalized spacial score (nSPS) is 23.8. The molecule has 1 aromatic heterocycles. The summed E-state index contributed by atoms with van der Waals surface area (Å²) >= 11 is 6.51. The molecule has 1 aromatic carbocycles. The molecule has 1 saturated carbocycles. The van der Waals surface area contributed by atoms with Gasteiger partial charge in [-0.15, -0.1) is 0 Å². The molecule has 2 atom stereocenters. The van der Waals surface area contributed by atoms with Crippen molar-refractivity contribution in [2.24, 2.45) is 11.7 Å². The first-order chi connectivity index (χ1) is 10.4. The fraction of sp³-hybridized carbons (Fsp3) is 0.444. The summed E-state index contributed by atoms with van der Waals surface area (Å²) < 4.78 is 2.20. The average molecular weight is 319 g/mol. The van der Waals surface area contributed by atoms with Gasteiger partial charge < -0.3 is 15.4 Å². The monoisotopic (exact) mass is 318 g/mol.